The van der Waals surface area contributed by atoms with Gasteiger partial charge in [0.1, 0.15) is 12.2 Å². The zero-order chi connectivity index (χ0) is 23.4. The lowest BCUT2D eigenvalue weighted by Crippen LogP contribution is -2.51. The Kier molecular flexibility index (Phi) is 8.97. The van der Waals surface area contributed by atoms with Crippen molar-refractivity contribution in [2.24, 2.45) is 17.8 Å². The van der Waals surface area contributed by atoms with Crippen LogP contribution >= 0.6 is 0 Å². The van der Waals surface area contributed by atoms with E-state index < -0.39 is 8.32 Å². The fraction of sp³-hybridized carbons (Fsp3) is 0.840. The minimum absolute atomic E-state index is 0.0564. The van der Waals surface area contributed by atoms with Crippen LogP contribution in [-0.4, -0.2) is 38.6 Å². The molecule has 0 amide bonds. The van der Waals surface area contributed by atoms with Crippen molar-refractivity contribution in [2.45, 2.75) is 117 Å². The van der Waals surface area contributed by atoms with Crippen LogP contribution in [-0.2, 0) is 23.5 Å². The highest BCUT2D eigenvalue weighted by molar-refractivity contribution is 6.74. The molecule has 0 aromatic carbocycles. The van der Waals surface area contributed by atoms with E-state index in [9.17, 15) is 9.59 Å². The lowest BCUT2D eigenvalue weighted by Gasteiger charge is -2.45. The highest BCUT2D eigenvalue weighted by Crippen LogP contribution is 2.44. The molecule has 0 aromatic rings. The molecule has 6 atom stereocenters. The number of cyclic esters (lactones) is 1. The largest absolute Gasteiger partial charge is 0.462 e. The van der Waals surface area contributed by atoms with E-state index in [1.165, 1.54) is 6.92 Å². The standard InChI is InChI=1S/C25H44O5Si/c1-9-20-13-11-15-22(28-18(3)26)17(2)24(30-31(7,8)25(4,5)6)21-14-10-12-19(21)16-23(27)29-20/h10,12,17,19-22,24H,9,11,13-16H2,1-8H3/t17-,19-,20+,21-,22+,24+/m1/s1. The van der Waals surface area contributed by atoms with Crippen molar-refractivity contribution >= 4 is 20.3 Å². The van der Waals surface area contributed by atoms with Crippen molar-refractivity contribution < 1.29 is 23.5 Å². The summed E-state index contributed by atoms with van der Waals surface area (Å²) in [5.74, 6) is -0.00589. The average molecular weight is 453 g/mol. The highest BCUT2D eigenvalue weighted by atomic mass is 28.4. The number of hydrogen-bond acceptors (Lipinski definition) is 5. The molecular weight excluding hydrogens is 408 g/mol. The van der Waals surface area contributed by atoms with Gasteiger partial charge in [0, 0.05) is 12.8 Å². The molecule has 1 heterocycles. The molecule has 6 heteroatoms. The van der Waals surface area contributed by atoms with E-state index in [0.29, 0.717) is 6.42 Å². The lowest BCUT2D eigenvalue weighted by molar-refractivity contribution is -0.154. The smallest absolute Gasteiger partial charge is 0.306 e. The topological polar surface area (TPSA) is 61.8 Å². The molecule has 0 bridgehead atoms. The fourth-order valence-electron chi connectivity index (χ4n) is 4.60. The third-order valence-electron chi connectivity index (χ3n) is 7.59. The van der Waals surface area contributed by atoms with Crippen LogP contribution in [0.25, 0.3) is 0 Å². The summed E-state index contributed by atoms with van der Waals surface area (Å²) < 4.78 is 18.7. The van der Waals surface area contributed by atoms with E-state index in [0.717, 1.165) is 32.1 Å². The van der Waals surface area contributed by atoms with Crippen molar-refractivity contribution in [3.8, 4) is 0 Å². The molecule has 0 unspecified atom stereocenters. The summed E-state index contributed by atoms with van der Waals surface area (Å²) in [6, 6.07) is 0. The third-order valence-corrected chi connectivity index (χ3v) is 12.1. The van der Waals surface area contributed by atoms with Gasteiger partial charge in [-0.2, -0.15) is 0 Å². The highest BCUT2D eigenvalue weighted by Gasteiger charge is 2.46. The summed E-state index contributed by atoms with van der Waals surface area (Å²) in [6.45, 7) is 17.0. The minimum atomic E-state index is -2.07. The summed E-state index contributed by atoms with van der Waals surface area (Å²) in [4.78, 5) is 24.6. The van der Waals surface area contributed by atoms with Crippen molar-refractivity contribution in [1.29, 1.82) is 0 Å². The number of rotatable bonds is 4. The summed E-state index contributed by atoms with van der Waals surface area (Å²) in [7, 11) is -2.07. The number of carbonyl (C=O) groups excluding carboxylic acids is 2. The SMILES string of the molecule is CC[C@H]1CCC[C@H](OC(C)=O)[C@@H](C)[C@H](O[Si](C)(C)C(C)(C)C)[C@@H]2CC=C[C@@H]2CC(=O)O1. The predicted molar refractivity (Wildman–Crippen MR) is 126 cm³/mol. The monoisotopic (exact) mass is 452 g/mol. The number of fused-ring (bicyclic) bond motifs is 1. The van der Waals surface area contributed by atoms with E-state index in [1.807, 2.05) is 0 Å². The molecule has 0 saturated carbocycles. The summed E-state index contributed by atoms with van der Waals surface area (Å²) in [6.07, 6.45) is 8.49. The van der Waals surface area contributed by atoms with Gasteiger partial charge in [0.2, 0.25) is 0 Å². The number of ether oxygens (including phenoxy) is 2. The van der Waals surface area contributed by atoms with Gasteiger partial charge in [0.25, 0.3) is 0 Å². The Morgan fingerprint density at radius 1 is 1.26 bits per heavy atom. The van der Waals surface area contributed by atoms with Crippen molar-refractivity contribution in [3.05, 3.63) is 12.2 Å². The quantitative estimate of drug-likeness (QED) is 0.296. The minimum Gasteiger partial charge on any atom is -0.462 e. The lowest BCUT2D eigenvalue weighted by atomic mass is 9.79. The third kappa shape index (κ3) is 6.92. The van der Waals surface area contributed by atoms with E-state index >= 15 is 0 Å². The Hall–Kier alpha value is -1.14. The van der Waals surface area contributed by atoms with Crippen molar-refractivity contribution in [3.63, 3.8) is 0 Å². The van der Waals surface area contributed by atoms with Gasteiger partial charge in [-0.05, 0) is 62.1 Å². The first-order valence-electron chi connectivity index (χ1n) is 12.1. The van der Waals surface area contributed by atoms with Crippen LogP contribution in [0.3, 0.4) is 0 Å². The maximum Gasteiger partial charge on any atom is 0.306 e. The van der Waals surface area contributed by atoms with E-state index in [-0.39, 0.29) is 53.0 Å². The van der Waals surface area contributed by atoms with Gasteiger partial charge in [0.05, 0.1) is 12.5 Å². The Morgan fingerprint density at radius 3 is 2.52 bits per heavy atom. The van der Waals surface area contributed by atoms with Gasteiger partial charge >= 0.3 is 11.9 Å². The zero-order valence-electron chi connectivity index (χ0n) is 20.9. The molecule has 1 aliphatic carbocycles. The second-order valence-electron chi connectivity index (χ2n) is 11.0. The van der Waals surface area contributed by atoms with Gasteiger partial charge in [-0.1, -0.05) is 46.8 Å². The molecule has 0 spiro atoms. The number of esters is 2. The van der Waals surface area contributed by atoms with Gasteiger partial charge in [-0.25, -0.2) is 0 Å². The van der Waals surface area contributed by atoms with Crippen molar-refractivity contribution in [1.82, 2.24) is 0 Å². The van der Waals surface area contributed by atoms with Gasteiger partial charge < -0.3 is 13.9 Å². The molecule has 1 aliphatic heterocycles. The molecule has 1 fully saturated rings. The van der Waals surface area contributed by atoms with Gasteiger partial charge in [0.15, 0.2) is 8.32 Å². The summed E-state index contributed by atoms with van der Waals surface area (Å²) in [5.41, 5.74) is 0. The summed E-state index contributed by atoms with van der Waals surface area (Å²) in [5, 5.41) is 0.0716. The molecule has 31 heavy (non-hydrogen) atoms. The molecule has 5 nitrogen and oxygen atoms in total. The zero-order valence-corrected chi connectivity index (χ0v) is 21.9. The number of carbonyl (C=O) groups is 2. The van der Waals surface area contributed by atoms with Gasteiger partial charge in [-0.3, -0.25) is 9.59 Å². The second kappa shape index (κ2) is 10.6. The van der Waals surface area contributed by atoms with Crippen LogP contribution in [0.4, 0.5) is 0 Å². The normalized spacial score (nSPS) is 33.1. The van der Waals surface area contributed by atoms with Crippen LogP contribution in [0.15, 0.2) is 12.2 Å². The van der Waals surface area contributed by atoms with E-state index in [4.69, 9.17) is 13.9 Å². The first-order valence-corrected chi connectivity index (χ1v) is 15.0. The van der Waals surface area contributed by atoms with Crippen LogP contribution < -0.4 is 0 Å². The van der Waals surface area contributed by atoms with Crippen LogP contribution in [0.1, 0.15) is 80.1 Å². The maximum absolute atomic E-state index is 12.7. The second-order valence-corrected chi connectivity index (χ2v) is 15.8. The van der Waals surface area contributed by atoms with Crippen molar-refractivity contribution in [2.75, 3.05) is 0 Å². The van der Waals surface area contributed by atoms with Gasteiger partial charge in [-0.15, -0.1) is 0 Å². The van der Waals surface area contributed by atoms with E-state index in [2.05, 4.69) is 59.9 Å². The molecule has 0 radical (unpaired) electrons. The van der Waals surface area contributed by atoms with Crippen LogP contribution in [0.2, 0.25) is 18.1 Å². The van der Waals surface area contributed by atoms with E-state index in [1.54, 1.807) is 0 Å². The average Bonchev–Trinajstić information content (AvgIpc) is 3.09. The summed E-state index contributed by atoms with van der Waals surface area (Å²) >= 11 is 0. The molecule has 2 rings (SSSR count). The molecule has 1 saturated heterocycles. The van der Waals surface area contributed by atoms with Crippen LogP contribution in [0.5, 0.6) is 0 Å². The molecule has 178 valence electrons. The van der Waals surface area contributed by atoms with Crippen LogP contribution in [0, 0.1) is 17.8 Å². The fourth-order valence-corrected chi connectivity index (χ4v) is 6.02. The first kappa shape index (κ1) is 26.1. The molecule has 2 aliphatic rings. The Bertz CT molecular complexity index is 651. The number of hydrogen-bond donors (Lipinski definition) is 0. The molecule has 0 aromatic heterocycles. The predicted octanol–water partition coefficient (Wildman–Crippen LogP) is 6.03. The number of allylic oxidation sites excluding steroid dienone is 2. The maximum atomic E-state index is 12.7. The first-order chi connectivity index (χ1) is 14.4. The Morgan fingerprint density at radius 2 is 1.94 bits per heavy atom. The Balaban J connectivity index is 2.40. The molecule has 0 N–H and O–H groups in total. The molecular formula is C25H44O5Si. The Labute approximate surface area is 190 Å².